The molecule has 1 aliphatic rings. The number of halogens is 1. The highest BCUT2D eigenvalue weighted by molar-refractivity contribution is 7.91. The molecule has 1 aromatic heterocycles. The van der Waals surface area contributed by atoms with E-state index in [1.54, 1.807) is 30.5 Å². The molecular weight excluding hydrogens is 367 g/mol. The third kappa shape index (κ3) is 3.73. The highest BCUT2D eigenvalue weighted by Crippen LogP contribution is 2.32. The monoisotopic (exact) mass is 386 g/mol. The van der Waals surface area contributed by atoms with Crippen LogP contribution in [-0.4, -0.2) is 25.8 Å². The average Bonchev–Trinajstić information content (AvgIpc) is 3.49. The molecule has 27 heavy (non-hydrogen) atoms. The molecule has 0 aliphatic heterocycles. The second-order valence-corrected chi connectivity index (χ2v) is 8.97. The molecule has 2 aromatic carbocycles. The van der Waals surface area contributed by atoms with Crippen molar-refractivity contribution in [3.63, 3.8) is 0 Å². The van der Waals surface area contributed by atoms with Crippen molar-refractivity contribution in [3.05, 3.63) is 60.0 Å². The number of benzene rings is 2. The summed E-state index contributed by atoms with van der Waals surface area (Å²) in [4.78, 5) is 4.26. The first-order chi connectivity index (χ1) is 13.0. The SMILES string of the molecule is COc1cc2nccc(Nc3ccc(CS(=O)(=O)C4CC4)cc3)c2cc1F. The fourth-order valence-electron chi connectivity index (χ4n) is 3.03. The standard InChI is InChI=1S/C20H19FN2O3S/c1-26-20-11-19-16(10-17(20)21)18(8-9-22-19)23-14-4-2-13(3-5-14)12-27(24,25)15-6-7-15/h2-5,8-11,15H,6-7,12H2,1H3,(H,22,23). The van der Waals surface area contributed by atoms with Crippen molar-refractivity contribution in [2.45, 2.75) is 23.8 Å². The minimum Gasteiger partial charge on any atom is -0.494 e. The van der Waals surface area contributed by atoms with Gasteiger partial charge >= 0.3 is 0 Å². The van der Waals surface area contributed by atoms with E-state index < -0.39 is 15.7 Å². The molecule has 0 saturated heterocycles. The van der Waals surface area contributed by atoms with E-state index in [1.807, 2.05) is 12.1 Å². The summed E-state index contributed by atoms with van der Waals surface area (Å²) >= 11 is 0. The van der Waals surface area contributed by atoms with Crippen molar-refractivity contribution in [1.82, 2.24) is 4.98 Å². The molecular formula is C20H19FN2O3S. The Hall–Kier alpha value is -2.67. The van der Waals surface area contributed by atoms with Crippen LogP contribution >= 0.6 is 0 Å². The first-order valence-corrected chi connectivity index (χ1v) is 10.4. The number of aromatic nitrogens is 1. The number of nitrogens with one attached hydrogen (secondary N) is 1. The maximum atomic E-state index is 14.1. The van der Waals surface area contributed by atoms with E-state index in [9.17, 15) is 12.8 Å². The molecule has 1 heterocycles. The molecule has 7 heteroatoms. The molecule has 0 atom stereocenters. The number of hydrogen-bond acceptors (Lipinski definition) is 5. The fourth-order valence-corrected chi connectivity index (χ4v) is 4.78. The summed E-state index contributed by atoms with van der Waals surface area (Å²) in [5, 5.41) is 3.71. The third-order valence-electron chi connectivity index (χ3n) is 4.65. The summed E-state index contributed by atoms with van der Waals surface area (Å²) < 4.78 is 43.3. The summed E-state index contributed by atoms with van der Waals surface area (Å²) in [5.74, 6) is -0.240. The first-order valence-electron chi connectivity index (χ1n) is 8.66. The predicted molar refractivity (Wildman–Crippen MR) is 104 cm³/mol. The van der Waals surface area contributed by atoms with Crippen LogP contribution in [-0.2, 0) is 15.6 Å². The van der Waals surface area contributed by atoms with Crippen molar-refractivity contribution in [2.75, 3.05) is 12.4 Å². The predicted octanol–water partition coefficient (Wildman–Crippen LogP) is 4.20. The van der Waals surface area contributed by atoms with Gasteiger partial charge in [0.25, 0.3) is 0 Å². The lowest BCUT2D eigenvalue weighted by molar-refractivity contribution is 0.387. The van der Waals surface area contributed by atoms with Crippen molar-refractivity contribution < 1.29 is 17.5 Å². The van der Waals surface area contributed by atoms with E-state index in [2.05, 4.69) is 10.3 Å². The molecule has 0 amide bonds. The fraction of sp³-hybridized carbons (Fsp3) is 0.250. The van der Waals surface area contributed by atoms with Crippen LogP contribution in [0.15, 0.2) is 48.7 Å². The number of rotatable bonds is 6. The number of nitrogens with zero attached hydrogens (tertiary/aromatic N) is 1. The van der Waals surface area contributed by atoms with Crippen LogP contribution in [0.5, 0.6) is 5.75 Å². The number of sulfone groups is 1. The van der Waals surface area contributed by atoms with Gasteiger partial charge in [0.2, 0.25) is 0 Å². The molecule has 0 radical (unpaired) electrons. The van der Waals surface area contributed by atoms with Gasteiger partial charge in [0.1, 0.15) is 0 Å². The maximum absolute atomic E-state index is 14.1. The molecule has 0 spiro atoms. The molecule has 5 nitrogen and oxygen atoms in total. The molecule has 1 fully saturated rings. The molecule has 1 N–H and O–H groups in total. The van der Waals surface area contributed by atoms with Gasteiger partial charge in [-0.05, 0) is 42.7 Å². The third-order valence-corrected chi connectivity index (χ3v) is 6.87. The first kappa shape index (κ1) is 17.7. The van der Waals surface area contributed by atoms with Crippen LogP contribution < -0.4 is 10.1 Å². The topological polar surface area (TPSA) is 68.3 Å². The van der Waals surface area contributed by atoms with E-state index in [0.29, 0.717) is 16.6 Å². The van der Waals surface area contributed by atoms with Gasteiger partial charge in [-0.25, -0.2) is 12.8 Å². The normalized spacial score (nSPS) is 14.3. The van der Waals surface area contributed by atoms with Gasteiger partial charge in [-0.15, -0.1) is 0 Å². The number of anilines is 2. The summed E-state index contributed by atoms with van der Waals surface area (Å²) in [6.45, 7) is 0. The Morgan fingerprint density at radius 2 is 1.93 bits per heavy atom. The zero-order valence-corrected chi connectivity index (χ0v) is 15.6. The minimum absolute atomic E-state index is 0.0706. The Bertz CT molecular complexity index is 1090. The van der Waals surface area contributed by atoms with Crippen LogP contribution in [0.2, 0.25) is 0 Å². The average molecular weight is 386 g/mol. The van der Waals surface area contributed by atoms with E-state index in [-0.39, 0.29) is 16.8 Å². The molecule has 0 unspecified atom stereocenters. The van der Waals surface area contributed by atoms with Crippen molar-refractivity contribution in [1.29, 1.82) is 0 Å². The van der Waals surface area contributed by atoms with Gasteiger partial charge in [0.15, 0.2) is 21.4 Å². The van der Waals surface area contributed by atoms with Crippen molar-refractivity contribution >= 4 is 32.1 Å². The molecule has 4 rings (SSSR count). The lowest BCUT2D eigenvalue weighted by Gasteiger charge is -2.11. The Balaban J connectivity index is 1.58. The Morgan fingerprint density at radius 3 is 2.59 bits per heavy atom. The molecule has 1 saturated carbocycles. The van der Waals surface area contributed by atoms with Crippen LogP contribution in [0.25, 0.3) is 10.9 Å². The zero-order chi connectivity index (χ0) is 19.0. The lowest BCUT2D eigenvalue weighted by Crippen LogP contribution is -2.09. The number of ether oxygens (including phenoxy) is 1. The van der Waals surface area contributed by atoms with Crippen molar-refractivity contribution in [2.24, 2.45) is 0 Å². The number of fused-ring (bicyclic) bond motifs is 1. The summed E-state index contributed by atoms with van der Waals surface area (Å²) in [6.07, 6.45) is 3.19. The Labute approximate surface area is 157 Å². The van der Waals surface area contributed by atoms with Gasteiger partial charge in [0, 0.05) is 29.0 Å². The lowest BCUT2D eigenvalue weighted by atomic mass is 10.1. The Morgan fingerprint density at radius 1 is 1.19 bits per heavy atom. The highest BCUT2D eigenvalue weighted by Gasteiger charge is 2.35. The van der Waals surface area contributed by atoms with Gasteiger partial charge in [-0.2, -0.15) is 0 Å². The second-order valence-electron chi connectivity index (χ2n) is 6.69. The minimum atomic E-state index is -3.03. The van der Waals surface area contributed by atoms with Crippen LogP contribution in [0.1, 0.15) is 18.4 Å². The van der Waals surface area contributed by atoms with E-state index in [4.69, 9.17) is 4.74 Å². The summed E-state index contributed by atoms with van der Waals surface area (Å²) in [7, 11) is -1.62. The number of methoxy groups -OCH3 is 1. The zero-order valence-electron chi connectivity index (χ0n) is 14.8. The molecule has 3 aromatic rings. The summed E-state index contributed by atoms with van der Waals surface area (Å²) in [5.41, 5.74) is 2.87. The van der Waals surface area contributed by atoms with Crippen LogP contribution in [0.4, 0.5) is 15.8 Å². The van der Waals surface area contributed by atoms with E-state index >= 15 is 0 Å². The maximum Gasteiger partial charge on any atom is 0.165 e. The van der Waals surface area contributed by atoms with E-state index in [0.717, 1.165) is 24.1 Å². The van der Waals surface area contributed by atoms with Gasteiger partial charge in [-0.1, -0.05) is 12.1 Å². The number of pyridine rings is 1. The molecule has 140 valence electrons. The van der Waals surface area contributed by atoms with Crippen LogP contribution in [0, 0.1) is 5.82 Å². The molecule has 0 bridgehead atoms. The largest absolute Gasteiger partial charge is 0.494 e. The van der Waals surface area contributed by atoms with Gasteiger partial charge in [0.05, 0.1) is 23.6 Å². The molecule has 1 aliphatic carbocycles. The van der Waals surface area contributed by atoms with E-state index in [1.165, 1.54) is 13.2 Å². The quantitative estimate of drug-likeness (QED) is 0.688. The van der Waals surface area contributed by atoms with Gasteiger partial charge in [-0.3, -0.25) is 4.98 Å². The second kappa shape index (κ2) is 6.81. The summed E-state index contributed by atoms with van der Waals surface area (Å²) in [6, 6.07) is 12.0. The van der Waals surface area contributed by atoms with Gasteiger partial charge < -0.3 is 10.1 Å². The Kier molecular flexibility index (Phi) is 4.47. The highest BCUT2D eigenvalue weighted by atomic mass is 32.2. The number of hydrogen-bond donors (Lipinski definition) is 1. The van der Waals surface area contributed by atoms with Crippen molar-refractivity contribution in [3.8, 4) is 5.75 Å². The van der Waals surface area contributed by atoms with Crippen LogP contribution in [0.3, 0.4) is 0 Å². The smallest absolute Gasteiger partial charge is 0.165 e.